The van der Waals surface area contributed by atoms with Crippen LogP contribution in [0.3, 0.4) is 0 Å². The highest BCUT2D eigenvalue weighted by atomic mass is 79.9. The molecule has 2 rings (SSSR count). The van der Waals surface area contributed by atoms with E-state index in [1.165, 1.54) is 0 Å². The summed E-state index contributed by atoms with van der Waals surface area (Å²) in [4.78, 5) is 0.216. The maximum atomic E-state index is 12.5. The SMILES string of the molecule is CCCC1CCN(S(=O)(=O)c2ccc(Br)cc2N)C1. The lowest BCUT2D eigenvalue weighted by atomic mass is 10.0. The van der Waals surface area contributed by atoms with Crippen LogP contribution in [0.2, 0.25) is 0 Å². The third kappa shape index (κ3) is 3.12. The van der Waals surface area contributed by atoms with Gasteiger partial charge < -0.3 is 5.73 Å². The first-order valence-corrected chi connectivity index (χ1v) is 8.73. The van der Waals surface area contributed by atoms with Crippen LogP contribution in [0.1, 0.15) is 26.2 Å². The Morgan fingerprint density at radius 3 is 2.84 bits per heavy atom. The predicted molar refractivity (Wildman–Crippen MR) is 80.3 cm³/mol. The molecule has 0 radical (unpaired) electrons. The number of nitrogens with two attached hydrogens (primary N) is 1. The average molecular weight is 347 g/mol. The Morgan fingerprint density at radius 1 is 1.47 bits per heavy atom. The maximum absolute atomic E-state index is 12.5. The Kier molecular flexibility index (Phi) is 4.53. The van der Waals surface area contributed by atoms with E-state index in [2.05, 4.69) is 22.9 Å². The minimum Gasteiger partial charge on any atom is -0.398 e. The fourth-order valence-electron chi connectivity index (χ4n) is 2.55. The molecule has 0 aliphatic carbocycles. The van der Waals surface area contributed by atoms with Gasteiger partial charge in [-0.3, -0.25) is 0 Å². The van der Waals surface area contributed by atoms with Gasteiger partial charge in [-0.1, -0.05) is 29.3 Å². The van der Waals surface area contributed by atoms with Crippen molar-refractivity contribution in [2.24, 2.45) is 5.92 Å². The second kappa shape index (κ2) is 5.81. The highest BCUT2D eigenvalue weighted by Gasteiger charge is 2.33. The summed E-state index contributed by atoms with van der Waals surface area (Å²) >= 11 is 3.29. The number of hydrogen-bond donors (Lipinski definition) is 1. The van der Waals surface area contributed by atoms with E-state index in [0.717, 1.165) is 23.7 Å². The predicted octanol–water partition coefficient (Wildman–Crippen LogP) is 2.84. The third-order valence-electron chi connectivity index (χ3n) is 3.54. The van der Waals surface area contributed by atoms with Crippen molar-refractivity contribution in [2.75, 3.05) is 18.8 Å². The molecule has 0 amide bonds. The minimum atomic E-state index is -3.45. The van der Waals surface area contributed by atoms with E-state index in [1.807, 2.05) is 0 Å². The number of nitrogens with zero attached hydrogens (tertiary/aromatic N) is 1. The lowest BCUT2D eigenvalue weighted by Crippen LogP contribution is -2.29. The van der Waals surface area contributed by atoms with Gasteiger partial charge in [0.15, 0.2) is 0 Å². The first-order valence-electron chi connectivity index (χ1n) is 6.50. The summed E-state index contributed by atoms with van der Waals surface area (Å²) < 4.78 is 27.4. The summed E-state index contributed by atoms with van der Waals surface area (Å²) in [5.74, 6) is 0.483. The highest BCUT2D eigenvalue weighted by Crippen LogP contribution is 2.30. The largest absolute Gasteiger partial charge is 0.398 e. The molecule has 1 unspecified atom stereocenters. The van der Waals surface area contributed by atoms with E-state index in [-0.39, 0.29) is 4.90 Å². The number of hydrogen-bond acceptors (Lipinski definition) is 3. The summed E-state index contributed by atoms with van der Waals surface area (Å²) in [6.07, 6.45) is 3.13. The summed E-state index contributed by atoms with van der Waals surface area (Å²) in [5, 5.41) is 0. The van der Waals surface area contributed by atoms with Crippen molar-refractivity contribution < 1.29 is 8.42 Å². The van der Waals surface area contributed by atoms with Crippen molar-refractivity contribution >= 4 is 31.6 Å². The molecule has 1 aromatic carbocycles. The van der Waals surface area contributed by atoms with Crippen LogP contribution < -0.4 is 5.73 Å². The molecule has 106 valence electrons. The number of nitrogen functional groups attached to an aromatic ring is 1. The van der Waals surface area contributed by atoms with E-state index in [0.29, 0.717) is 24.7 Å². The zero-order valence-electron chi connectivity index (χ0n) is 11.0. The molecule has 0 saturated carbocycles. The van der Waals surface area contributed by atoms with Gasteiger partial charge >= 0.3 is 0 Å². The molecule has 1 atom stereocenters. The van der Waals surface area contributed by atoms with Gasteiger partial charge in [-0.15, -0.1) is 0 Å². The van der Waals surface area contributed by atoms with Gasteiger partial charge in [0.2, 0.25) is 10.0 Å². The Bertz CT molecular complexity index is 560. The van der Waals surface area contributed by atoms with E-state index in [9.17, 15) is 8.42 Å². The van der Waals surface area contributed by atoms with Gasteiger partial charge in [0, 0.05) is 17.6 Å². The topological polar surface area (TPSA) is 63.4 Å². The van der Waals surface area contributed by atoms with Gasteiger partial charge in [0.25, 0.3) is 0 Å². The number of anilines is 1. The fourth-order valence-corrected chi connectivity index (χ4v) is 4.56. The van der Waals surface area contributed by atoms with Crippen molar-refractivity contribution in [2.45, 2.75) is 31.1 Å². The molecular weight excluding hydrogens is 328 g/mol. The molecule has 0 spiro atoms. The average Bonchev–Trinajstić information content (AvgIpc) is 2.78. The number of rotatable bonds is 4. The molecule has 1 heterocycles. The molecule has 4 nitrogen and oxygen atoms in total. The van der Waals surface area contributed by atoms with Crippen LogP contribution in [-0.2, 0) is 10.0 Å². The fraction of sp³-hybridized carbons (Fsp3) is 0.538. The summed E-state index contributed by atoms with van der Waals surface area (Å²) in [5.41, 5.74) is 6.13. The van der Waals surface area contributed by atoms with Gasteiger partial charge in [-0.05, 0) is 37.0 Å². The van der Waals surface area contributed by atoms with E-state index < -0.39 is 10.0 Å². The van der Waals surface area contributed by atoms with E-state index in [1.54, 1.807) is 22.5 Å². The molecule has 6 heteroatoms. The summed E-state index contributed by atoms with van der Waals surface area (Å²) in [6.45, 7) is 3.35. The Balaban J connectivity index is 2.23. The van der Waals surface area contributed by atoms with Gasteiger partial charge in [0.1, 0.15) is 4.90 Å². The molecule has 0 aromatic heterocycles. The zero-order chi connectivity index (χ0) is 14.0. The molecule has 1 aromatic rings. The smallest absolute Gasteiger partial charge is 0.245 e. The molecular formula is C13H19BrN2O2S. The highest BCUT2D eigenvalue weighted by molar-refractivity contribution is 9.10. The standard InChI is InChI=1S/C13H19BrN2O2S/c1-2-3-10-6-7-16(9-10)19(17,18)13-5-4-11(14)8-12(13)15/h4-5,8,10H,2-3,6-7,9,15H2,1H3. The molecule has 1 aliphatic heterocycles. The second-order valence-electron chi connectivity index (χ2n) is 4.99. The van der Waals surface area contributed by atoms with Gasteiger partial charge in [-0.2, -0.15) is 4.31 Å². The number of halogens is 1. The lowest BCUT2D eigenvalue weighted by Gasteiger charge is -2.18. The van der Waals surface area contributed by atoms with Crippen molar-refractivity contribution in [3.8, 4) is 0 Å². The van der Waals surface area contributed by atoms with Crippen LogP contribution in [0.25, 0.3) is 0 Å². The Morgan fingerprint density at radius 2 is 2.21 bits per heavy atom. The molecule has 19 heavy (non-hydrogen) atoms. The monoisotopic (exact) mass is 346 g/mol. The van der Waals surface area contributed by atoms with Gasteiger partial charge in [-0.25, -0.2) is 8.42 Å². The molecule has 0 bridgehead atoms. The minimum absolute atomic E-state index is 0.216. The third-order valence-corrected chi connectivity index (χ3v) is 5.97. The number of benzene rings is 1. The van der Waals surface area contributed by atoms with Gasteiger partial charge in [0.05, 0.1) is 5.69 Å². The van der Waals surface area contributed by atoms with Crippen molar-refractivity contribution in [3.05, 3.63) is 22.7 Å². The normalized spacial score (nSPS) is 20.8. The van der Waals surface area contributed by atoms with Crippen molar-refractivity contribution in [3.63, 3.8) is 0 Å². The van der Waals surface area contributed by atoms with E-state index >= 15 is 0 Å². The van der Waals surface area contributed by atoms with Crippen LogP contribution in [0.4, 0.5) is 5.69 Å². The lowest BCUT2D eigenvalue weighted by molar-refractivity contribution is 0.445. The Labute approximate surface area is 123 Å². The van der Waals surface area contributed by atoms with Crippen LogP contribution in [0.5, 0.6) is 0 Å². The quantitative estimate of drug-likeness (QED) is 0.852. The van der Waals surface area contributed by atoms with Crippen LogP contribution in [0, 0.1) is 5.92 Å². The second-order valence-corrected chi connectivity index (χ2v) is 7.81. The Hall–Kier alpha value is -0.590. The van der Waals surface area contributed by atoms with Crippen LogP contribution >= 0.6 is 15.9 Å². The zero-order valence-corrected chi connectivity index (χ0v) is 13.4. The van der Waals surface area contributed by atoms with Crippen molar-refractivity contribution in [1.82, 2.24) is 4.31 Å². The first kappa shape index (κ1) is 14.8. The first-order chi connectivity index (χ1) is 8.95. The molecule has 1 aliphatic rings. The van der Waals surface area contributed by atoms with Crippen LogP contribution in [0.15, 0.2) is 27.6 Å². The maximum Gasteiger partial charge on any atom is 0.245 e. The molecule has 2 N–H and O–H groups in total. The van der Waals surface area contributed by atoms with E-state index in [4.69, 9.17) is 5.73 Å². The van der Waals surface area contributed by atoms with Crippen molar-refractivity contribution in [1.29, 1.82) is 0 Å². The summed E-state index contributed by atoms with van der Waals surface area (Å²) in [6, 6.07) is 4.91. The number of sulfonamides is 1. The molecule has 1 saturated heterocycles. The van der Waals surface area contributed by atoms with Crippen LogP contribution in [-0.4, -0.2) is 25.8 Å². The molecule has 1 fully saturated rings. The summed E-state index contributed by atoms with van der Waals surface area (Å²) in [7, 11) is -3.45.